The summed E-state index contributed by atoms with van der Waals surface area (Å²) in [7, 11) is 0. The van der Waals surface area contributed by atoms with Crippen molar-refractivity contribution >= 4 is 17.7 Å². The van der Waals surface area contributed by atoms with Gasteiger partial charge in [-0.2, -0.15) is 0 Å². The molecule has 7 nitrogen and oxygen atoms in total. The van der Waals surface area contributed by atoms with Crippen LogP contribution in [-0.4, -0.2) is 36.9 Å². The van der Waals surface area contributed by atoms with Gasteiger partial charge < -0.3 is 22.1 Å². The van der Waals surface area contributed by atoms with Crippen molar-refractivity contribution in [2.45, 2.75) is 25.8 Å². The summed E-state index contributed by atoms with van der Waals surface area (Å²) in [5, 5.41) is 4.81. The van der Waals surface area contributed by atoms with Gasteiger partial charge in [0.2, 0.25) is 17.7 Å². The van der Waals surface area contributed by atoms with Gasteiger partial charge in [0.05, 0.1) is 6.54 Å². The first kappa shape index (κ1) is 14.4. The summed E-state index contributed by atoms with van der Waals surface area (Å²) in [4.78, 5) is 32.8. The average molecular weight is 230 g/mol. The molecule has 16 heavy (non-hydrogen) atoms. The predicted molar refractivity (Wildman–Crippen MR) is 58.1 cm³/mol. The van der Waals surface area contributed by atoms with Crippen molar-refractivity contribution in [1.82, 2.24) is 10.6 Å². The van der Waals surface area contributed by atoms with Crippen LogP contribution < -0.4 is 22.1 Å². The van der Waals surface area contributed by atoms with E-state index in [9.17, 15) is 14.4 Å². The molecule has 0 aliphatic rings. The maximum Gasteiger partial charge on any atom is 0.243 e. The smallest absolute Gasteiger partial charge is 0.243 e. The van der Waals surface area contributed by atoms with Crippen molar-refractivity contribution in [1.29, 1.82) is 0 Å². The Hall–Kier alpha value is -1.63. The van der Waals surface area contributed by atoms with Crippen LogP contribution in [0.25, 0.3) is 0 Å². The lowest BCUT2D eigenvalue weighted by molar-refractivity contribution is -0.129. The van der Waals surface area contributed by atoms with Gasteiger partial charge in [-0.05, 0) is 19.4 Å². The van der Waals surface area contributed by atoms with Crippen LogP contribution in [0.4, 0.5) is 0 Å². The normalized spacial score (nSPS) is 11.6. The first-order valence-electron chi connectivity index (χ1n) is 5.00. The summed E-state index contributed by atoms with van der Waals surface area (Å²) in [6.07, 6.45) is 1.04. The highest BCUT2D eigenvalue weighted by Gasteiger charge is 2.18. The summed E-state index contributed by atoms with van der Waals surface area (Å²) in [6.45, 7) is 1.51. The fourth-order valence-corrected chi connectivity index (χ4v) is 1.13. The molecule has 3 amide bonds. The van der Waals surface area contributed by atoms with E-state index in [0.29, 0.717) is 19.4 Å². The second-order valence-corrected chi connectivity index (χ2v) is 3.37. The molecule has 6 N–H and O–H groups in total. The number of amides is 3. The fraction of sp³-hybridized carbons (Fsp3) is 0.667. The van der Waals surface area contributed by atoms with Crippen LogP contribution in [0.5, 0.6) is 0 Å². The number of hydrogen-bond donors (Lipinski definition) is 4. The van der Waals surface area contributed by atoms with Crippen LogP contribution in [0.3, 0.4) is 0 Å². The number of hydrogen-bond acceptors (Lipinski definition) is 4. The first-order chi connectivity index (χ1) is 7.47. The number of nitrogens with one attached hydrogen (secondary N) is 2. The Morgan fingerprint density at radius 3 is 2.38 bits per heavy atom. The highest BCUT2D eigenvalue weighted by Crippen LogP contribution is 1.96. The molecule has 0 rings (SSSR count). The third kappa shape index (κ3) is 6.77. The summed E-state index contributed by atoms with van der Waals surface area (Å²) >= 11 is 0. The molecular weight excluding hydrogens is 212 g/mol. The van der Waals surface area contributed by atoms with Crippen molar-refractivity contribution < 1.29 is 14.4 Å². The quantitative estimate of drug-likeness (QED) is 0.397. The molecule has 0 fully saturated rings. The zero-order valence-corrected chi connectivity index (χ0v) is 9.29. The van der Waals surface area contributed by atoms with Gasteiger partial charge in [0.15, 0.2) is 0 Å². The van der Waals surface area contributed by atoms with E-state index in [1.54, 1.807) is 0 Å². The Kier molecular flexibility index (Phi) is 6.86. The minimum absolute atomic E-state index is 0.239. The summed E-state index contributed by atoms with van der Waals surface area (Å²) in [5.41, 5.74) is 10.2. The summed E-state index contributed by atoms with van der Waals surface area (Å²) < 4.78 is 0. The van der Waals surface area contributed by atoms with E-state index >= 15 is 0 Å². The molecule has 0 aromatic heterocycles. The van der Waals surface area contributed by atoms with E-state index in [4.69, 9.17) is 11.5 Å². The van der Waals surface area contributed by atoms with Crippen molar-refractivity contribution in [2.24, 2.45) is 11.5 Å². The summed E-state index contributed by atoms with van der Waals surface area (Å²) in [5.74, 6) is -1.37. The van der Waals surface area contributed by atoms with E-state index in [2.05, 4.69) is 10.6 Å². The molecule has 0 saturated carbocycles. The van der Waals surface area contributed by atoms with Gasteiger partial charge in [-0.15, -0.1) is 0 Å². The molecule has 1 atom stereocenters. The Labute approximate surface area is 93.9 Å². The number of primary amides is 1. The standard InChI is InChI=1S/C9H18N4O3/c1-6(14)13-7(3-2-4-10)9(16)12-5-8(11)15/h7H,2-5,10H2,1H3,(H2,11,15)(H,12,16)(H,13,14)/t7-/m0/s1. The predicted octanol–water partition coefficient (Wildman–Crippen LogP) is -2.17. The van der Waals surface area contributed by atoms with Crippen LogP contribution in [0.15, 0.2) is 0 Å². The highest BCUT2D eigenvalue weighted by atomic mass is 16.2. The highest BCUT2D eigenvalue weighted by molar-refractivity contribution is 5.89. The lowest BCUT2D eigenvalue weighted by Crippen LogP contribution is -2.48. The number of carbonyl (C=O) groups is 3. The molecule has 0 heterocycles. The first-order valence-corrected chi connectivity index (χ1v) is 5.00. The van der Waals surface area contributed by atoms with E-state index in [1.165, 1.54) is 6.92 Å². The molecule has 7 heteroatoms. The van der Waals surface area contributed by atoms with Crippen LogP contribution in [-0.2, 0) is 14.4 Å². The molecule has 0 bridgehead atoms. The molecule has 0 spiro atoms. The molecule has 0 radical (unpaired) electrons. The van der Waals surface area contributed by atoms with Gasteiger partial charge >= 0.3 is 0 Å². The maximum atomic E-state index is 11.5. The topological polar surface area (TPSA) is 127 Å². The van der Waals surface area contributed by atoms with Crippen LogP contribution >= 0.6 is 0 Å². The lowest BCUT2D eigenvalue weighted by Gasteiger charge is -2.16. The van der Waals surface area contributed by atoms with Gasteiger partial charge in [-0.3, -0.25) is 14.4 Å². The van der Waals surface area contributed by atoms with Crippen molar-refractivity contribution in [3.63, 3.8) is 0 Å². The van der Waals surface area contributed by atoms with Crippen LogP contribution in [0.1, 0.15) is 19.8 Å². The average Bonchev–Trinajstić information content (AvgIpc) is 2.20. The fourth-order valence-electron chi connectivity index (χ4n) is 1.13. The minimum Gasteiger partial charge on any atom is -0.368 e. The second kappa shape index (κ2) is 7.63. The molecule has 0 saturated heterocycles. The number of rotatable bonds is 7. The molecule has 0 aliphatic heterocycles. The molecule has 0 aromatic rings. The van der Waals surface area contributed by atoms with Gasteiger partial charge in [-0.25, -0.2) is 0 Å². The van der Waals surface area contributed by atoms with Crippen molar-refractivity contribution in [3.8, 4) is 0 Å². The van der Waals surface area contributed by atoms with Gasteiger partial charge in [0, 0.05) is 6.92 Å². The molecule has 0 aliphatic carbocycles. The zero-order chi connectivity index (χ0) is 12.6. The van der Waals surface area contributed by atoms with Gasteiger partial charge in [-0.1, -0.05) is 0 Å². The minimum atomic E-state index is -0.666. The zero-order valence-electron chi connectivity index (χ0n) is 9.29. The second-order valence-electron chi connectivity index (χ2n) is 3.37. The third-order valence-corrected chi connectivity index (χ3v) is 1.83. The van der Waals surface area contributed by atoms with E-state index in [1.807, 2.05) is 0 Å². The lowest BCUT2D eigenvalue weighted by atomic mass is 10.1. The van der Waals surface area contributed by atoms with Gasteiger partial charge in [0.25, 0.3) is 0 Å². The number of nitrogens with two attached hydrogens (primary N) is 2. The maximum absolute atomic E-state index is 11.5. The van der Waals surface area contributed by atoms with E-state index < -0.39 is 17.9 Å². The third-order valence-electron chi connectivity index (χ3n) is 1.83. The number of carbonyl (C=O) groups excluding carboxylic acids is 3. The van der Waals surface area contributed by atoms with Gasteiger partial charge in [0.1, 0.15) is 6.04 Å². The van der Waals surface area contributed by atoms with E-state index in [0.717, 1.165) is 0 Å². The van der Waals surface area contributed by atoms with Crippen molar-refractivity contribution in [2.75, 3.05) is 13.1 Å². The Morgan fingerprint density at radius 2 is 1.94 bits per heavy atom. The Bertz CT molecular complexity index is 267. The summed E-state index contributed by atoms with van der Waals surface area (Å²) in [6, 6.07) is -0.666. The molecule has 0 aromatic carbocycles. The van der Waals surface area contributed by atoms with Crippen molar-refractivity contribution in [3.05, 3.63) is 0 Å². The monoisotopic (exact) mass is 230 g/mol. The Balaban J connectivity index is 4.19. The van der Waals surface area contributed by atoms with Crippen LogP contribution in [0, 0.1) is 0 Å². The SMILES string of the molecule is CC(=O)N[C@@H](CCCN)C(=O)NCC(N)=O. The largest absolute Gasteiger partial charge is 0.368 e. The molecular formula is C9H18N4O3. The molecule has 92 valence electrons. The van der Waals surface area contributed by atoms with E-state index in [-0.39, 0.29) is 12.5 Å². The Morgan fingerprint density at radius 1 is 1.31 bits per heavy atom. The van der Waals surface area contributed by atoms with Crippen LogP contribution in [0.2, 0.25) is 0 Å². The molecule has 0 unspecified atom stereocenters.